The Morgan fingerprint density at radius 3 is 2.28 bits per heavy atom. The van der Waals surface area contributed by atoms with Crippen molar-refractivity contribution in [3.8, 4) is 0 Å². The average Bonchev–Trinajstić information content (AvgIpc) is 2.86. The minimum atomic E-state index is -4.39. The lowest BCUT2D eigenvalue weighted by Gasteiger charge is -2.25. The van der Waals surface area contributed by atoms with E-state index in [0.717, 1.165) is 12.1 Å². The highest BCUT2D eigenvalue weighted by Gasteiger charge is 2.33. The number of benzene rings is 1. The van der Waals surface area contributed by atoms with E-state index in [4.69, 9.17) is 16.6 Å². The number of nitro groups is 1. The zero-order chi connectivity index (χ0) is 29.3. The molecule has 16 nitrogen and oxygen atoms in total. The molecule has 1 aromatic carbocycles. The number of nitrogens with two attached hydrogens (primary N) is 2. The first kappa shape index (κ1) is 31.1. The van der Waals surface area contributed by atoms with Crippen LogP contribution in [0.15, 0.2) is 23.1 Å². The van der Waals surface area contributed by atoms with E-state index in [-0.39, 0.29) is 13.0 Å². The van der Waals surface area contributed by atoms with E-state index < -0.39 is 104 Å². The van der Waals surface area contributed by atoms with Crippen molar-refractivity contribution in [2.75, 3.05) is 12.3 Å². The van der Waals surface area contributed by atoms with Gasteiger partial charge in [0.25, 0.3) is 11.6 Å². The van der Waals surface area contributed by atoms with Gasteiger partial charge in [0.05, 0.1) is 21.1 Å². The number of sulfone groups is 1. The number of hydrogen-bond donors (Lipinski definition) is 6. The summed E-state index contributed by atoms with van der Waals surface area (Å²) in [5.41, 5.74) is 9.57. The fraction of sp³-hybridized carbons (Fsp3) is 0.500. The van der Waals surface area contributed by atoms with Gasteiger partial charge in [-0.15, -0.1) is 0 Å². The number of unbranched alkanes of at least 4 members (excludes halogenated alkanes) is 1. The summed E-state index contributed by atoms with van der Waals surface area (Å²) in [5.74, 6) is -6.16. The van der Waals surface area contributed by atoms with Crippen LogP contribution in [0.1, 0.15) is 48.9 Å². The number of non-ortho nitro benzene ring substituents is 1. The highest BCUT2D eigenvalue weighted by atomic mass is 32.2. The summed E-state index contributed by atoms with van der Waals surface area (Å²) < 4.78 is 26.3. The number of nitrogens with one attached hydrogen (secondary N) is 3. The number of nitrogens with zero attached hydrogens (tertiary/aromatic N) is 1. The van der Waals surface area contributed by atoms with E-state index in [1.807, 2.05) is 0 Å². The molecular formula is C22H30N6O10S. The molecule has 0 saturated heterocycles. The maximum atomic E-state index is 13.2. The number of carboxylic acid groups (broad SMARTS) is 1. The first-order valence-electron chi connectivity index (χ1n) is 11.9. The van der Waals surface area contributed by atoms with Crippen molar-refractivity contribution in [1.29, 1.82) is 0 Å². The molecule has 1 heterocycles. The first-order valence-corrected chi connectivity index (χ1v) is 13.6. The van der Waals surface area contributed by atoms with Crippen LogP contribution in [-0.2, 0) is 29.0 Å². The minimum absolute atomic E-state index is 0.0488. The number of nitro benzene ring substituents is 1. The Balaban J connectivity index is 2.63. The van der Waals surface area contributed by atoms with Crippen LogP contribution in [0.3, 0.4) is 0 Å². The van der Waals surface area contributed by atoms with Crippen LogP contribution in [0.5, 0.6) is 0 Å². The van der Waals surface area contributed by atoms with Gasteiger partial charge in [0.2, 0.25) is 17.7 Å². The van der Waals surface area contributed by atoms with Gasteiger partial charge in [-0.1, -0.05) is 0 Å². The second-order valence-corrected chi connectivity index (χ2v) is 10.9. The molecule has 3 atom stereocenters. The van der Waals surface area contributed by atoms with Gasteiger partial charge in [-0.2, -0.15) is 0 Å². The molecule has 1 aliphatic heterocycles. The SMILES string of the molecule is NCCCC[C@@H]1NC(=O)[C@H](CCC(=O)O)NC(=O)c2cc([N+](=O)[O-])ccc2S(=O)(=O)CC[C@@H](C(N)=O)NC1=O. The quantitative estimate of drug-likeness (QED) is 0.111. The molecule has 17 heteroatoms. The molecule has 2 rings (SSSR count). The summed E-state index contributed by atoms with van der Waals surface area (Å²) in [6.45, 7) is 0.285. The fourth-order valence-corrected chi connectivity index (χ4v) is 5.36. The Bertz CT molecular complexity index is 1250. The summed E-state index contributed by atoms with van der Waals surface area (Å²) in [5, 5.41) is 27.4. The molecule has 0 aliphatic carbocycles. The van der Waals surface area contributed by atoms with E-state index in [2.05, 4.69) is 16.0 Å². The van der Waals surface area contributed by atoms with E-state index >= 15 is 0 Å². The predicted octanol–water partition coefficient (Wildman–Crippen LogP) is -1.68. The largest absolute Gasteiger partial charge is 0.481 e. The lowest BCUT2D eigenvalue weighted by molar-refractivity contribution is -0.384. The van der Waals surface area contributed by atoms with Gasteiger partial charge >= 0.3 is 5.97 Å². The highest BCUT2D eigenvalue weighted by molar-refractivity contribution is 7.91. The number of rotatable bonds is 9. The van der Waals surface area contributed by atoms with Crippen LogP contribution in [0, 0.1) is 10.1 Å². The third-order valence-corrected chi connectivity index (χ3v) is 7.74. The topological polar surface area (TPSA) is 271 Å². The zero-order valence-electron chi connectivity index (χ0n) is 20.8. The van der Waals surface area contributed by atoms with Crippen LogP contribution in [0.2, 0.25) is 0 Å². The van der Waals surface area contributed by atoms with Crippen molar-refractivity contribution in [2.24, 2.45) is 11.5 Å². The lowest BCUT2D eigenvalue weighted by atomic mass is 10.0. The number of hydrogen-bond acceptors (Lipinski definition) is 10. The van der Waals surface area contributed by atoms with Crippen LogP contribution < -0.4 is 27.4 Å². The third kappa shape index (κ3) is 8.71. The molecule has 0 spiro atoms. The van der Waals surface area contributed by atoms with Crippen molar-refractivity contribution in [3.63, 3.8) is 0 Å². The van der Waals surface area contributed by atoms with Gasteiger partial charge < -0.3 is 32.5 Å². The van der Waals surface area contributed by atoms with Gasteiger partial charge in [-0.05, 0) is 44.7 Å². The van der Waals surface area contributed by atoms with E-state index in [9.17, 15) is 42.5 Å². The van der Waals surface area contributed by atoms with Gasteiger partial charge in [0.1, 0.15) is 18.1 Å². The molecule has 0 aromatic heterocycles. The zero-order valence-corrected chi connectivity index (χ0v) is 21.6. The summed E-state index contributed by atoms with van der Waals surface area (Å²) in [6, 6.07) is -1.89. The van der Waals surface area contributed by atoms with Crippen LogP contribution in [-0.4, -0.2) is 78.5 Å². The second kappa shape index (κ2) is 13.6. The predicted molar refractivity (Wildman–Crippen MR) is 134 cm³/mol. The molecule has 214 valence electrons. The van der Waals surface area contributed by atoms with Crippen molar-refractivity contribution in [2.45, 2.75) is 61.5 Å². The Hall–Kier alpha value is -4.12. The van der Waals surface area contributed by atoms with Crippen molar-refractivity contribution < 1.29 is 42.4 Å². The molecule has 0 radical (unpaired) electrons. The maximum absolute atomic E-state index is 13.2. The Morgan fingerprint density at radius 1 is 1.05 bits per heavy atom. The highest BCUT2D eigenvalue weighted by Crippen LogP contribution is 2.24. The van der Waals surface area contributed by atoms with E-state index in [1.54, 1.807) is 0 Å². The molecule has 0 unspecified atom stereocenters. The molecule has 4 amide bonds. The Morgan fingerprint density at radius 2 is 1.69 bits per heavy atom. The van der Waals surface area contributed by atoms with Gasteiger partial charge in [-0.3, -0.25) is 34.1 Å². The van der Waals surface area contributed by atoms with Gasteiger partial charge in [0, 0.05) is 18.6 Å². The number of aliphatic carboxylic acids is 1. The van der Waals surface area contributed by atoms with Crippen LogP contribution >= 0.6 is 0 Å². The smallest absolute Gasteiger partial charge is 0.303 e. The lowest BCUT2D eigenvalue weighted by Crippen LogP contribution is -2.56. The van der Waals surface area contributed by atoms with Crippen molar-refractivity contribution >= 4 is 45.1 Å². The molecule has 8 N–H and O–H groups in total. The normalized spacial score (nSPS) is 21.9. The van der Waals surface area contributed by atoms with Gasteiger partial charge in [-0.25, -0.2) is 8.42 Å². The first-order chi connectivity index (χ1) is 18.3. The second-order valence-electron chi connectivity index (χ2n) is 8.81. The summed E-state index contributed by atoms with van der Waals surface area (Å²) in [4.78, 5) is 72.3. The van der Waals surface area contributed by atoms with E-state index in [0.29, 0.717) is 18.9 Å². The monoisotopic (exact) mass is 570 g/mol. The minimum Gasteiger partial charge on any atom is -0.481 e. The summed E-state index contributed by atoms with van der Waals surface area (Å²) in [7, 11) is -4.39. The van der Waals surface area contributed by atoms with Gasteiger partial charge in [0.15, 0.2) is 9.84 Å². The Kier molecular flexibility index (Phi) is 10.9. The molecular weight excluding hydrogens is 540 g/mol. The number of fused-ring (bicyclic) bond motifs is 1. The number of carbonyl (C=O) groups is 5. The molecule has 1 aromatic rings. The number of amides is 4. The van der Waals surface area contributed by atoms with Crippen molar-refractivity contribution in [3.05, 3.63) is 33.9 Å². The van der Waals surface area contributed by atoms with Crippen LogP contribution in [0.25, 0.3) is 0 Å². The van der Waals surface area contributed by atoms with Crippen LogP contribution in [0.4, 0.5) is 5.69 Å². The molecule has 39 heavy (non-hydrogen) atoms. The van der Waals surface area contributed by atoms with Crippen molar-refractivity contribution in [1.82, 2.24) is 16.0 Å². The summed E-state index contributed by atoms with van der Waals surface area (Å²) >= 11 is 0. The summed E-state index contributed by atoms with van der Waals surface area (Å²) in [6.07, 6.45) is -0.643. The standard InChI is InChI=1S/C22H30N6O10S/c23-9-2-1-3-15-21(33)25-14(19(24)31)8-10-39(37,38)17-6-4-12(28(35)36)11-13(17)20(32)26-16(22(34)27-15)5-7-18(29)30/h4,6,11,14-16H,1-3,5,7-10,23H2,(H2,24,31)(H,25,33)(H,26,32)(H,27,34)(H,29,30)/t14-,15-,16-/m0/s1. The third-order valence-electron chi connectivity index (χ3n) is 5.94. The maximum Gasteiger partial charge on any atom is 0.303 e. The molecule has 1 aliphatic rings. The fourth-order valence-electron chi connectivity index (χ4n) is 3.83. The average molecular weight is 571 g/mol. The number of carbonyl (C=O) groups excluding carboxylic acids is 4. The number of primary amides is 1. The molecule has 0 bridgehead atoms. The number of carboxylic acids is 1. The molecule has 0 saturated carbocycles. The Labute approximate surface area is 222 Å². The molecule has 0 fully saturated rings. The van der Waals surface area contributed by atoms with E-state index in [1.165, 1.54) is 0 Å².